The number of hydrogen-bond donors (Lipinski definition) is 3. The van der Waals surface area contributed by atoms with Gasteiger partial charge in [0, 0.05) is 6.42 Å². The van der Waals surface area contributed by atoms with Crippen molar-refractivity contribution in [2.45, 2.75) is 103 Å². The summed E-state index contributed by atoms with van der Waals surface area (Å²) in [4.78, 5) is 0. The van der Waals surface area contributed by atoms with E-state index in [1.165, 1.54) is 18.4 Å². The minimum atomic E-state index is -0.625. The molecule has 3 aliphatic carbocycles. The van der Waals surface area contributed by atoms with Crippen LogP contribution in [0, 0.1) is 17.3 Å². The Morgan fingerprint density at radius 3 is 2.73 bits per heavy atom. The fourth-order valence-electron chi connectivity index (χ4n) is 6.08. The van der Waals surface area contributed by atoms with Gasteiger partial charge < -0.3 is 15.3 Å². The molecule has 30 heavy (non-hydrogen) atoms. The second-order valence-electron chi connectivity index (χ2n) is 10.9. The first-order valence-electron chi connectivity index (χ1n) is 11.9. The standard InChI is InChI=1S/C27H42O3/c1-18(8-6-14-26(3,4)30)23-12-13-24-20(9-7-15-27(23,24)5)10-11-21-16-22(28)17-25(29)19(21)2/h10-12,18,22,24-25,28-30H,2,6-9,13-17H2,1,3-5H3/b20-10+,21-11-/t18-,22-,24?,25+,27-/m1/s1. The van der Waals surface area contributed by atoms with E-state index in [1.807, 2.05) is 13.8 Å². The molecular weight excluding hydrogens is 372 g/mol. The Morgan fingerprint density at radius 2 is 2.03 bits per heavy atom. The van der Waals surface area contributed by atoms with Gasteiger partial charge >= 0.3 is 0 Å². The van der Waals surface area contributed by atoms with Gasteiger partial charge in [0.2, 0.25) is 0 Å². The molecule has 0 radical (unpaired) electrons. The van der Waals surface area contributed by atoms with Crippen molar-refractivity contribution in [3.8, 4) is 0 Å². The molecular formula is C27H42O3. The van der Waals surface area contributed by atoms with Crippen LogP contribution in [0.4, 0.5) is 0 Å². The van der Waals surface area contributed by atoms with Gasteiger partial charge in [-0.3, -0.25) is 0 Å². The molecule has 0 heterocycles. The molecule has 0 spiro atoms. The topological polar surface area (TPSA) is 60.7 Å². The molecule has 0 bridgehead atoms. The summed E-state index contributed by atoms with van der Waals surface area (Å²) < 4.78 is 0. The molecule has 3 aliphatic rings. The van der Waals surface area contributed by atoms with E-state index in [2.05, 4.69) is 38.7 Å². The lowest BCUT2D eigenvalue weighted by molar-refractivity contribution is 0.0670. The minimum absolute atomic E-state index is 0.235. The van der Waals surface area contributed by atoms with Gasteiger partial charge in [0.15, 0.2) is 0 Å². The molecule has 3 nitrogen and oxygen atoms in total. The van der Waals surface area contributed by atoms with E-state index in [4.69, 9.17) is 0 Å². The lowest BCUT2D eigenvalue weighted by Crippen LogP contribution is -2.32. The summed E-state index contributed by atoms with van der Waals surface area (Å²) in [5, 5.41) is 30.2. The molecule has 5 atom stereocenters. The number of aliphatic hydroxyl groups is 3. The van der Waals surface area contributed by atoms with Crippen molar-refractivity contribution in [2.75, 3.05) is 0 Å². The van der Waals surface area contributed by atoms with E-state index in [9.17, 15) is 15.3 Å². The molecule has 2 saturated carbocycles. The van der Waals surface area contributed by atoms with Crippen molar-refractivity contribution in [3.05, 3.63) is 47.1 Å². The third-order valence-corrected chi connectivity index (χ3v) is 7.83. The zero-order valence-electron chi connectivity index (χ0n) is 19.5. The molecule has 0 aromatic rings. The monoisotopic (exact) mass is 414 g/mol. The number of aliphatic hydroxyl groups excluding tert-OH is 2. The van der Waals surface area contributed by atoms with Crippen LogP contribution in [-0.4, -0.2) is 33.1 Å². The van der Waals surface area contributed by atoms with Crippen LogP contribution in [0.3, 0.4) is 0 Å². The minimum Gasteiger partial charge on any atom is -0.393 e. The molecule has 0 amide bonds. The van der Waals surface area contributed by atoms with Gasteiger partial charge in [-0.05, 0) is 87.2 Å². The van der Waals surface area contributed by atoms with Crippen LogP contribution in [0.5, 0.6) is 0 Å². The van der Waals surface area contributed by atoms with Crippen molar-refractivity contribution in [2.24, 2.45) is 17.3 Å². The summed E-state index contributed by atoms with van der Waals surface area (Å²) in [7, 11) is 0. The van der Waals surface area contributed by atoms with Crippen LogP contribution in [-0.2, 0) is 0 Å². The van der Waals surface area contributed by atoms with Gasteiger partial charge in [-0.25, -0.2) is 0 Å². The van der Waals surface area contributed by atoms with E-state index in [0.29, 0.717) is 24.7 Å². The molecule has 0 aliphatic heterocycles. The fourth-order valence-corrected chi connectivity index (χ4v) is 6.08. The molecule has 3 heteroatoms. The summed E-state index contributed by atoms with van der Waals surface area (Å²) in [5.41, 5.74) is 4.55. The second-order valence-corrected chi connectivity index (χ2v) is 10.9. The van der Waals surface area contributed by atoms with Crippen LogP contribution in [0.15, 0.2) is 47.1 Å². The van der Waals surface area contributed by atoms with Crippen LogP contribution in [0.25, 0.3) is 0 Å². The Morgan fingerprint density at radius 1 is 1.30 bits per heavy atom. The summed E-state index contributed by atoms with van der Waals surface area (Å²) in [6.07, 6.45) is 14.5. The summed E-state index contributed by atoms with van der Waals surface area (Å²) in [6, 6.07) is 0. The highest BCUT2D eigenvalue weighted by atomic mass is 16.3. The van der Waals surface area contributed by atoms with E-state index < -0.39 is 17.8 Å². The summed E-state index contributed by atoms with van der Waals surface area (Å²) in [6.45, 7) is 12.7. The maximum atomic E-state index is 10.1. The predicted molar refractivity (Wildman–Crippen MR) is 124 cm³/mol. The molecule has 0 saturated heterocycles. The Bertz CT molecular complexity index is 736. The average Bonchev–Trinajstić information content (AvgIpc) is 3.00. The Kier molecular flexibility index (Phi) is 7.16. The zero-order chi connectivity index (χ0) is 22.1. The van der Waals surface area contributed by atoms with E-state index in [-0.39, 0.29) is 5.41 Å². The quantitative estimate of drug-likeness (QED) is 0.494. The first-order chi connectivity index (χ1) is 14.0. The van der Waals surface area contributed by atoms with Crippen molar-refractivity contribution in [3.63, 3.8) is 0 Å². The number of fused-ring (bicyclic) bond motifs is 1. The van der Waals surface area contributed by atoms with Gasteiger partial charge in [-0.15, -0.1) is 0 Å². The first-order valence-corrected chi connectivity index (χ1v) is 11.9. The van der Waals surface area contributed by atoms with Crippen LogP contribution in [0.2, 0.25) is 0 Å². The van der Waals surface area contributed by atoms with Crippen LogP contribution in [0.1, 0.15) is 85.5 Å². The van der Waals surface area contributed by atoms with Crippen LogP contribution < -0.4 is 0 Å². The molecule has 0 aromatic heterocycles. The van der Waals surface area contributed by atoms with E-state index in [1.54, 1.807) is 5.57 Å². The lowest BCUT2D eigenvalue weighted by atomic mass is 9.62. The fraction of sp³-hybridized carbons (Fsp3) is 0.704. The number of hydrogen-bond acceptors (Lipinski definition) is 3. The Balaban J connectivity index is 1.71. The zero-order valence-corrected chi connectivity index (χ0v) is 19.5. The predicted octanol–water partition coefficient (Wildman–Crippen LogP) is 5.62. The Labute approximate surface area is 183 Å². The molecule has 1 unspecified atom stereocenters. The number of allylic oxidation sites excluding steroid dienone is 5. The average molecular weight is 415 g/mol. The van der Waals surface area contributed by atoms with Crippen molar-refractivity contribution < 1.29 is 15.3 Å². The SMILES string of the molecule is C=C1/C(=C\C=C2/CCC[C@]3(C)C([C@H](C)CCCC(C)(C)O)=CCC23)C[C@@H](O)C[C@@H]1O. The number of rotatable bonds is 6. The van der Waals surface area contributed by atoms with Gasteiger partial charge in [-0.2, -0.15) is 0 Å². The molecule has 3 N–H and O–H groups in total. The highest BCUT2D eigenvalue weighted by molar-refractivity contribution is 5.40. The maximum absolute atomic E-state index is 10.1. The summed E-state index contributed by atoms with van der Waals surface area (Å²) >= 11 is 0. The maximum Gasteiger partial charge on any atom is 0.0811 e. The highest BCUT2D eigenvalue weighted by Gasteiger charge is 2.45. The van der Waals surface area contributed by atoms with E-state index in [0.717, 1.165) is 43.3 Å². The third kappa shape index (κ3) is 5.18. The smallest absolute Gasteiger partial charge is 0.0811 e. The highest BCUT2D eigenvalue weighted by Crippen LogP contribution is 2.57. The van der Waals surface area contributed by atoms with Gasteiger partial charge in [0.1, 0.15) is 0 Å². The molecule has 168 valence electrons. The lowest BCUT2D eigenvalue weighted by Gasteiger charge is -2.42. The molecule has 2 fully saturated rings. The molecule has 0 aromatic carbocycles. The van der Waals surface area contributed by atoms with Gasteiger partial charge in [0.05, 0.1) is 17.8 Å². The van der Waals surface area contributed by atoms with E-state index >= 15 is 0 Å². The van der Waals surface area contributed by atoms with Crippen molar-refractivity contribution >= 4 is 0 Å². The summed E-state index contributed by atoms with van der Waals surface area (Å²) in [5.74, 6) is 1.12. The first kappa shape index (κ1) is 23.5. The molecule has 3 rings (SSSR count). The third-order valence-electron chi connectivity index (χ3n) is 7.83. The van der Waals surface area contributed by atoms with Crippen LogP contribution >= 0.6 is 0 Å². The normalized spacial score (nSPS) is 36.2. The van der Waals surface area contributed by atoms with Crippen molar-refractivity contribution in [1.82, 2.24) is 0 Å². The Hall–Kier alpha value is -1.16. The second kappa shape index (κ2) is 9.14. The van der Waals surface area contributed by atoms with Gasteiger partial charge in [-0.1, -0.05) is 56.2 Å². The van der Waals surface area contributed by atoms with Crippen molar-refractivity contribution in [1.29, 1.82) is 0 Å². The van der Waals surface area contributed by atoms with Gasteiger partial charge in [0.25, 0.3) is 0 Å². The largest absolute Gasteiger partial charge is 0.393 e.